The van der Waals surface area contributed by atoms with Gasteiger partial charge in [-0.2, -0.15) is 0 Å². The fraction of sp³-hybridized carbons (Fsp3) is 0.417. The summed E-state index contributed by atoms with van der Waals surface area (Å²) < 4.78 is 0. The third-order valence-electron chi connectivity index (χ3n) is 2.81. The van der Waals surface area contributed by atoms with E-state index in [4.69, 9.17) is 5.11 Å². The zero-order valence-electron chi connectivity index (χ0n) is 9.43. The molecule has 16 heavy (non-hydrogen) atoms. The molecular formula is C12H16O3S. The smallest absolute Gasteiger partial charge is 0.313 e. The van der Waals surface area contributed by atoms with Crippen molar-refractivity contribution in [3.8, 4) is 0 Å². The molecule has 0 aliphatic heterocycles. The van der Waals surface area contributed by atoms with E-state index in [1.165, 1.54) is 0 Å². The van der Waals surface area contributed by atoms with E-state index in [2.05, 4.69) is 0 Å². The van der Waals surface area contributed by atoms with Gasteiger partial charge in [0.1, 0.15) is 0 Å². The van der Waals surface area contributed by atoms with Crippen molar-refractivity contribution in [2.24, 2.45) is 0 Å². The monoisotopic (exact) mass is 240 g/mol. The molecule has 1 unspecified atom stereocenters. The van der Waals surface area contributed by atoms with Gasteiger partial charge in [0.15, 0.2) is 0 Å². The van der Waals surface area contributed by atoms with E-state index in [0.29, 0.717) is 0 Å². The van der Waals surface area contributed by atoms with Gasteiger partial charge in [0.05, 0.1) is 5.41 Å². The summed E-state index contributed by atoms with van der Waals surface area (Å²) in [4.78, 5) is 12.3. The molecule has 0 radical (unpaired) electrons. The van der Waals surface area contributed by atoms with Gasteiger partial charge in [-0.1, -0.05) is 12.1 Å². The Morgan fingerprint density at radius 1 is 1.38 bits per heavy atom. The third kappa shape index (κ3) is 2.57. The number of aliphatic hydroxyl groups excluding tert-OH is 1. The number of carboxylic acid groups (broad SMARTS) is 1. The number of benzene rings is 1. The van der Waals surface area contributed by atoms with Crippen LogP contribution in [0.4, 0.5) is 0 Å². The second-order valence-electron chi connectivity index (χ2n) is 3.84. The Balaban J connectivity index is 3.06. The molecule has 0 aliphatic carbocycles. The molecule has 1 rings (SSSR count). The lowest BCUT2D eigenvalue weighted by Gasteiger charge is -2.24. The van der Waals surface area contributed by atoms with Crippen molar-refractivity contribution >= 4 is 17.7 Å². The highest BCUT2D eigenvalue weighted by Gasteiger charge is 2.34. The van der Waals surface area contributed by atoms with E-state index in [1.54, 1.807) is 18.7 Å². The molecule has 1 atom stereocenters. The molecule has 0 spiro atoms. The standard InChI is InChI=1S/C12H16O3S/c1-12(7-8-13,11(14)15)9-3-5-10(16-2)6-4-9/h3-6,13H,7-8H2,1-2H3,(H,14,15). The minimum absolute atomic E-state index is 0.132. The average molecular weight is 240 g/mol. The first-order chi connectivity index (χ1) is 7.54. The molecule has 0 aromatic heterocycles. The lowest BCUT2D eigenvalue weighted by atomic mass is 9.80. The molecule has 0 heterocycles. The highest BCUT2D eigenvalue weighted by atomic mass is 32.2. The fourth-order valence-electron chi connectivity index (χ4n) is 1.56. The number of hydrogen-bond acceptors (Lipinski definition) is 3. The van der Waals surface area contributed by atoms with Crippen LogP contribution in [0.15, 0.2) is 29.2 Å². The van der Waals surface area contributed by atoms with Crippen molar-refractivity contribution in [1.82, 2.24) is 0 Å². The SMILES string of the molecule is CSc1ccc(C(C)(CCO)C(=O)O)cc1. The Bertz CT molecular complexity index is 361. The predicted molar refractivity (Wildman–Crippen MR) is 64.9 cm³/mol. The van der Waals surface area contributed by atoms with E-state index in [9.17, 15) is 9.90 Å². The van der Waals surface area contributed by atoms with Gasteiger partial charge >= 0.3 is 5.97 Å². The fourth-order valence-corrected chi connectivity index (χ4v) is 1.97. The summed E-state index contributed by atoms with van der Waals surface area (Å²) in [7, 11) is 0. The molecule has 1 aromatic rings. The van der Waals surface area contributed by atoms with Crippen LogP contribution < -0.4 is 0 Å². The van der Waals surface area contributed by atoms with E-state index in [-0.39, 0.29) is 13.0 Å². The summed E-state index contributed by atoms with van der Waals surface area (Å²) in [5.74, 6) is -0.904. The van der Waals surface area contributed by atoms with Crippen molar-refractivity contribution in [2.75, 3.05) is 12.9 Å². The largest absolute Gasteiger partial charge is 0.481 e. The van der Waals surface area contributed by atoms with Crippen molar-refractivity contribution in [2.45, 2.75) is 23.7 Å². The topological polar surface area (TPSA) is 57.5 Å². The molecule has 0 fully saturated rings. The third-order valence-corrected chi connectivity index (χ3v) is 3.55. The van der Waals surface area contributed by atoms with Gasteiger partial charge in [-0.25, -0.2) is 0 Å². The molecular weight excluding hydrogens is 224 g/mol. The number of carbonyl (C=O) groups is 1. The van der Waals surface area contributed by atoms with Crippen molar-refractivity contribution in [1.29, 1.82) is 0 Å². The predicted octanol–water partition coefficient (Wildman–Crippen LogP) is 2.13. The Morgan fingerprint density at radius 3 is 2.31 bits per heavy atom. The average Bonchev–Trinajstić information content (AvgIpc) is 2.29. The summed E-state index contributed by atoms with van der Waals surface area (Å²) in [6, 6.07) is 7.43. The highest BCUT2D eigenvalue weighted by molar-refractivity contribution is 7.98. The molecule has 2 N–H and O–H groups in total. The van der Waals surface area contributed by atoms with Crippen LogP contribution in [0.2, 0.25) is 0 Å². The number of aliphatic carboxylic acids is 1. The number of hydrogen-bond donors (Lipinski definition) is 2. The first kappa shape index (κ1) is 13.1. The molecule has 0 bridgehead atoms. The lowest BCUT2D eigenvalue weighted by molar-refractivity contribution is -0.143. The minimum Gasteiger partial charge on any atom is -0.481 e. The first-order valence-corrected chi connectivity index (χ1v) is 6.26. The van der Waals surface area contributed by atoms with E-state index in [1.807, 2.05) is 30.5 Å². The maximum atomic E-state index is 11.2. The maximum Gasteiger partial charge on any atom is 0.313 e. The number of thioether (sulfide) groups is 1. The first-order valence-electron chi connectivity index (χ1n) is 5.03. The number of aliphatic hydroxyl groups is 1. The Labute approximate surface area is 99.5 Å². The second-order valence-corrected chi connectivity index (χ2v) is 4.72. The van der Waals surface area contributed by atoms with Crippen molar-refractivity contribution < 1.29 is 15.0 Å². The zero-order chi connectivity index (χ0) is 12.2. The van der Waals surface area contributed by atoms with E-state index in [0.717, 1.165) is 10.5 Å². The quantitative estimate of drug-likeness (QED) is 0.774. The lowest BCUT2D eigenvalue weighted by Crippen LogP contribution is -2.33. The zero-order valence-corrected chi connectivity index (χ0v) is 10.3. The molecule has 0 saturated carbocycles. The summed E-state index contributed by atoms with van der Waals surface area (Å²) in [6.07, 6.45) is 2.19. The van der Waals surface area contributed by atoms with Gasteiger partial charge in [-0.05, 0) is 37.3 Å². The Kier molecular flexibility index (Phi) is 4.38. The van der Waals surface area contributed by atoms with Crippen molar-refractivity contribution in [3.63, 3.8) is 0 Å². The highest BCUT2D eigenvalue weighted by Crippen LogP contribution is 2.29. The van der Waals surface area contributed by atoms with Gasteiger partial charge in [-0.3, -0.25) is 4.79 Å². The summed E-state index contributed by atoms with van der Waals surface area (Å²) in [5.41, 5.74) is -0.280. The van der Waals surface area contributed by atoms with Crippen LogP contribution in [-0.2, 0) is 10.2 Å². The van der Waals surface area contributed by atoms with Gasteiger partial charge in [0, 0.05) is 11.5 Å². The number of carboxylic acids is 1. The summed E-state index contributed by atoms with van der Waals surface area (Å²) >= 11 is 1.61. The van der Waals surface area contributed by atoms with Crippen LogP contribution in [0.3, 0.4) is 0 Å². The Morgan fingerprint density at radius 2 is 1.94 bits per heavy atom. The molecule has 0 saturated heterocycles. The van der Waals surface area contributed by atoms with Crippen LogP contribution in [-0.4, -0.2) is 29.0 Å². The van der Waals surface area contributed by atoms with Gasteiger partial charge < -0.3 is 10.2 Å². The van der Waals surface area contributed by atoms with Crippen LogP contribution in [0, 0.1) is 0 Å². The molecule has 0 aliphatic rings. The van der Waals surface area contributed by atoms with Crippen molar-refractivity contribution in [3.05, 3.63) is 29.8 Å². The van der Waals surface area contributed by atoms with Crippen LogP contribution >= 0.6 is 11.8 Å². The molecule has 88 valence electrons. The molecule has 0 amide bonds. The van der Waals surface area contributed by atoms with E-state index >= 15 is 0 Å². The summed E-state index contributed by atoms with van der Waals surface area (Å²) in [6.45, 7) is 1.51. The molecule has 3 nitrogen and oxygen atoms in total. The van der Waals surface area contributed by atoms with Crippen LogP contribution in [0.25, 0.3) is 0 Å². The minimum atomic E-state index is -1.01. The van der Waals surface area contributed by atoms with Gasteiger partial charge in [-0.15, -0.1) is 11.8 Å². The summed E-state index contributed by atoms with van der Waals surface area (Å²) in [5, 5.41) is 18.2. The van der Waals surface area contributed by atoms with Gasteiger partial charge in [0.25, 0.3) is 0 Å². The molecule has 4 heteroatoms. The molecule has 1 aromatic carbocycles. The number of rotatable bonds is 5. The Hall–Kier alpha value is -1.00. The van der Waals surface area contributed by atoms with Gasteiger partial charge in [0.2, 0.25) is 0 Å². The van der Waals surface area contributed by atoms with Crippen LogP contribution in [0.5, 0.6) is 0 Å². The van der Waals surface area contributed by atoms with Crippen LogP contribution in [0.1, 0.15) is 18.9 Å². The van der Waals surface area contributed by atoms with E-state index < -0.39 is 11.4 Å². The second kappa shape index (κ2) is 5.37. The normalized spacial score (nSPS) is 14.4. The maximum absolute atomic E-state index is 11.2.